The highest BCUT2D eigenvalue weighted by Gasteiger charge is 2.58. The number of hydrogen-bond donors (Lipinski definition) is 1. The number of halogens is 3. The summed E-state index contributed by atoms with van der Waals surface area (Å²) in [5, 5.41) is 1.66. The van der Waals surface area contributed by atoms with Crippen LogP contribution in [-0.4, -0.2) is 23.4 Å². The summed E-state index contributed by atoms with van der Waals surface area (Å²) in [6, 6.07) is 14.6. The van der Waals surface area contributed by atoms with Crippen molar-refractivity contribution in [2.45, 2.75) is 29.5 Å². The first-order valence-corrected chi connectivity index (χ1v) is 8.35. The molecule has 4 nitrogen and oxygen atoms in total. The number of hydrogen-bond acceptors (Lipinski definition) is 4. The van der Waals surface area contributed by atoms with Gasteiger partial charge in [-0.15, -0.1) is 0 Å². The van der Waals surface area contributed by atoms with Gasteiger partial charge in [0.2, 0.25) is 4.87 Å². The summed E-state index contributed by atoms with van der Waals surface area (Å²) in [5.74, 6) is 0. The fourth-order valence-electron chi connectivity index (χ4n) is 1.98. The zero-order valence-electron chi connectivity index (χ0n) is 13.7. The lowest BCUT2D eigenvalue weighted by Gasteiger charge is -2.30. The molecule has 0 bridgehead atoms. The standard InChI is InChI=1S/C18H16F3NO3S/c1-13-7-9-15(10-8-13)26-17(12-23,18(19,20)21)22-16(24)25-11-14-5-3-2-4-6-14/h2-10,12H,11H2,1H3,(H,22,24)/t17-/m0/s1. The van der Waals surface area contributed by atoms with E-state index in [1.807, 2.05) is 0 Å². The van der Waals surface area contributed by atoms with Gasteiger partial charge in [0, 0.05) is 4.90 Å². The van der Waals surface area contributed by atoms with Gasteiger partial charge < -0.3 is 4.74 Å². The van der Waals surface area contributed by atoms with Crippen LogP contribution in [0, 0.1) is 6.92 Å². The maximum Gasteiger partial charge on any atom is 0.428 e. The molecule has 2 rings (SSSR count). The van der Waals surface area contributed by atoms with E-state index >= 15 is 0 Å². The predicted molar refractivity (Wildman–Crippen MR) is 91.6 cm³/mol. The van der Waals surface area contributed by atoms with E-state index in [1.165, 1.54) is 12.1 Å². The van der Waals surface area contributed by atoms with E-state index in [2.05, 4.69) is 0 Å². The average Bonchev–Trinajstić information content (AvgIpc) is 2.61. The summed E-state index contributed by atoms with van der Waals surface area (Å²) >= 11 is 0.197. The van der Waals surface area contributed by atoms with E-state index in [9.17, 15) is 22.8 Å². The molecule has 0 aliphatic heterocycles. The Balaban J connectivity index is 2.14. The SMILES string of the molecule is Cc1ccc(S[C@](C=O)(NC(=O)OCc2ccccc2)C(F)(F)F)cc1. The van der Waals surface area contributed by atoms with Crippen LogP contribution in [-0.2, 0) is 16.1 Å². The fourth-order valence-corrected chi connectivity index (χ4v) is 2.92. The van der Waals surface area contributed by atoms with Gasteiger partial charge >= 0.3 is 12.3 Å². The lowest BCUT2D eigenvalue weighted by atomic mass is 10.2. The zero-order chi connectivity index (χ0) is 19.2. The maximum absolute atomic E-state index is 13.5. The summed E-state index contributed by atoms with van der Waals surface area (Å²) in [4.78, 5) is 20.3. The molecule has 0 fully saturated rings. The molecule has 138 valence electrons. The van der Waals surface area contributed by atoms with Gasteiger partial charge in [-0.05, 0) is 24.6 Å². The van der Waals surface area contributed by atoms with Crippen molar-refractivity contribution < 1.29 is 27.5 Å². The van der Waals surface area contributed by atoms with Gasteiger partial charge in [0.05, 0.1) is 0 Å². The van der Waals surface area contributed by atoms with Gasteiger partial charge in [-0.2, -0.15) is 13.2 Å². The Hall–Kier alpha value is -2.48. The van der Waals surface area contributed by atoms with E-state index in [-0.39, 0.29) is 29.6 Å². The van der Waals surface area contributed by atoms with Crippen molar-refractivity contribution in [1.29, 1.82) is 0 Å². The number of carbonyl (C=O) groups is 2. The molecule has 0 saturated heterocycles. The molecule has 0 unspecified atom stereocenters. The summed E-state index contributed by atoms with van der Waals surface area (Å²) < 4.78 is 45.4. The molecule has 0 spiro atoms. The fraction of sp³-hybridized carbons (Fsp3) is 0.222. The van der Waals surface area contributed by atoms with Crippen molar-refractivity contribution in [3.63, 3.8) is 0 Å². The van der Waals surface area contributed by atoms with Crippen molar-refractivity contribution >= 4 is 24.1 Å². The molecule has 2 aromatic rings. The van der Waals surface area contributed by atoms with E-state index in [1.54, 1.807) is 54.7 Å². The number of nitrogens with one attached hydrogen (secondary N) is 1. The molecule has 1 atom stereocenters. The van der Waals surface area contributed by atoms with Crippen LogP contribution in [0.15, 0.2) is 59.5 Å². The highest BCUT2D eigenvalue weighted by Crippen LogP contribution is 2.42. The van der Waals surface area contributed by atoms with Crippen LogP contribution in [0.2, 0.25) is 0 Å². The molecule has 2 aromatic carbocycles. The Labute approximate surface area is 152 Å². The number of benzene rings is 2. The van der Waals surface area contributed by atoms with Crippen LogP contribution >= 0.6 is 11.8 Å². The van der Waals surface area contributed by atoms with Crippen molar-refractivity contribution in [2.75, 3.05) is 0 Å². The lowest BCUT2D eigenvalue weighted by Crippen LogP contribution is -2.57. The first kappa shape index (κ1) is 19.8. The Bertz CT molecular complexity index is 751. The van der Waals surface area contributed by atoms with Crippen LogP contribution < -0.4 is 5.32 Å². The molecular formula is C18H16F3NO3S. The number of alkyl carbamates (subject to hydrolysis) is 1. The molecule has 1 amide bonds. The second-order valence-corrected chi connectivity index (χ2v) is 6.77. The van der Waals surface area contributed by atoms with Crippen molar-refractivity contribution in [3.8, 4) is 0 Å². The Morgan fingerprint density at radius 1 is 1.12 bits per heavy atom. The topological polar surface area (TPSA) is 55.4 Å². The maximum atomic E-state index is 13.5. The monoisotopic (exact) mass is 383 g/mol. The third kappa shape index (κ3) is 5.01. The van der Waals surface area contributed by atoms with Crippen molar-refractivity contribution in [2.24, 2.45) is 0 Å². The van der Waals surface area contributed by atoms with E-state index < -0.39 is 17.1 Å². The van der Waals surface area contributed by atoms with E-state index in [0.717, 1.165) is 5.56 Å². The highest BCUT2D eigenvalue weighted by atomic mass is 32.2. The van der Waals surface area contributed by atoms with Crippen LogP contribution in [0.25, 0.3) is 0 Å². The van der Waals surface area contributed by atoms with Gasteiger partial charge in [-0.3, -0.25) is 10.1 Å². The summed E-state index contributed by atoms with van der Waals surface area (Å²) in [7, 11) is 0. The Morgan fingerprint density at radius 2 is 1.73 bits per heavy atom. The van der Waals surface area contributed by atoms with Gasteiger partial charge in [-0.1, -0.05) is 59.8 Å². The first-order valence-electron chi connectivity index (χ1n) is 7.53. The van der Waals surface area contributed by atoms with E-state index in [0.29, 0.717) is 5.56 Å². The number of ether oxygens (including phenoxy) is 1. The van der Waals surface area contributed by atoms with Gasteiger partial charge in [0.25, 0.3) is 0 Å². The number of amides is 1. The third-order valence-electron chi connectivity index (χ3n) is 3.39. The third-order valence-corrected chi connectivity index (χ3v) is 4.65. The van der Waals surface area contributed by atoms with Crippen molar-refractivity contribution in [1.82, 2.24) is 5.32 Å². The summed E-state index contributed by atoms with van der Waals surface area (Å²) in [6.07, 6.45) is -6.69. The first-order chi connectivity index (χ1) is 12.3. The Kier molecular flexibility index (Phi) is 6.31. The largest absolute Gasteiger partial charge is 0.445 e. The minimum Gasteiger partial charge on any atom is -0.445 e. The highest BCUT2D eigenvalue weighted by molar-refractivity contribution is 8.01. The van der Waals surface area contributed by atoms with Crippen LogP contribution in [0.5, 0.6) is 0 Å². The lowest BCUT2D eigenvalue weighted by molar-refractivity contribution is -0.167. The molecule has 26 heavy (non-hydrogen) atoms. The second-order valence-electron chi connectivity index (χ2n) is 5.45. The van der Waals surface area contributed by atoms with Crippen LogP contribution in [0.3, 0.4) is 0 Å². The van der Waals surface area contributed by atoms with Gasteiger partial charge in [0.15, 0.2) is 6.29 Å². The number of thioether (sulfide) groups is 1. The number of alkyl halides is 3. The quantitative estimate of drug-likeness (QED) is 0.454. The summed E-state index contributed by atoms with van der Waals surface area (Å²) in [5.41, 5.74) is 1.46. The normalized spacial score (nSPS) is 13.5. The molecule has 8 heteroatoms. The molecule has 0 aliphatic carbocycles. The van der Waals surface area contributed by atoms with Crippen LogP contribution in [0.1, 0.15) is 11.1 Å². The molecule has 0 aromatic heterocycles. The smallest absolute Gasteiger partial charge is 0.428 e. The number of rotatable bonds is 6. The van der Waals surface area contributed by atoms with Crippen LogP contribution in [0.4, 0.5) is 18.0 Å². The van der Waals surface area contributed by atoms with Gasteiger partial charge in [0.1, 0.15) is 6.61 Å². The number of carbonyl (C=O) groups excluding carboxylic acids is 2. The summed E-state index contributed by atoms with van der Waals surface area (Å²) in [6.45, 7) is 1.57. The Morgan fingerprint density at radius 3 is 2.27 bits per heavy atom. The molecule has 0 saturated carbocycles. The molecule has 0 heterocycles. The molecule has 1 N–H and O–H groups in total. The predicted octanol–water partition coefficient (Wildman–Crippen LogP) is 4.47. The molecule has 0 radical (unpaired) electrons. The zero-order valence-corrected chi connectivity index (χ0v) is 14.6. The van der Waals surface area contributed by atoms with Gasteiger partial charge in [-0.25, -0.2) is 4.79 Å². The molecular weight excluding hydrogens is 367 g/mol. The average molecular weight is 383 g/mol. The molecule has 0 aliphatic rings. The van der Waals surface area contributed by atoms with Crippen molar-refractivity contribution in [3.05, 3.63) is 65.7 Å². The number of aryl methyl sites for hydroxylation is 1. The minimum absolute atomic E-state index is 0.184. The minimum atomic E-state index is -5.02. The number of aldehydes is 1. The van der Waals surface area contributed by atoms with E-state index in [4.69, 9.17) is 4.74 Å². The second kappa shape index (κ2) is 8.27.